The number of hydrogen-bond donors (Lipinski definition) is 1. The molecule has 1 amide bonds. The van der Waals surface area contributed by atoms with Crippen LogP contribution in [0.15, 0.2) is 47.8 Å². The lowest BCUT2D eigenvalue weighted by atomic mass is 10.2. The zero-order valence-electron chi connectivity index (χ0n) is 14.6. The van der Waals surface area contributed by atoms with Gasteiger partial charge in [0.2, 0.25) is 5.91 Å². The number of amides is 1. The molecule has 26 heavy (non-hydrogen) atoms. The van der Waals surface area contributed by atoms with Gasteiger partial charge in [-0.1, -0.05) is 54.9 Å². The van der Waals surface area contributed by atoms with Crippen molar-refractivity contribution in [2.75, 3.05) is 0 Å². The predicted molar refractivity (Wildman–Crippen MR) is 109 cm³/mol. The van der Waals surface area contributed by atoms with Crippen LogP contribution < -0.4 is 5.32 Å². The Morgan fingerprint density at radius 3 is 2.77 bits per heavy atom. The number of thioether (sulfide) groups is 1. The SMILES string of the molecule is C[C@@H](Sc1ncnc2sc(-c3ccccc3)cc12)C(=O)NC1CCCC1. The third-order valence-electron chi connectivity index (χ3n) is 4.71. The number of hydrogen-bond acceptors (Lipinski definition) is 5. The van der Waals surface area contributed by atoms with E-state index in [1.54, 1.807) is 17.7 Å². The van der Waals surface area contributed by atoms with E-state index in [1.165, 1.54) is 35.0 Å². The highest BCUT2D eigenvalue weighted by atomic mass is 32.2. The summed E-state index contributed by atoms with van der Waals surface area (Å²) < 4.78 is 0. The number of nitrogens with zero attached hydrogens (tertiary/aromatic N) is 2. The molecule has 1 fully saturated rings. The smallest absolute Gasteiger partial charge is 0.233 e. The summed E-state index contributed by atoms with van der Waals surface area (Å²) in [4.78, 5) is 23.5. The van der Waals surface area contributed by atoms with Crippen LogP contribution in [0.2, 0.25) is 0 Å². The summed E-state index contributed by atoms with van der Waals surface area (Å²) in [6.45, 7) is 1.95. The van der Waals surface area contributed by atoms with E-state index >= 15 is 0 Å². The summed E-state index contributed by atoms with van der Waals surface area (Å²) >= 11 is 3.18. The minimum atomic E-state index is -0.172. The van der Waals surface area contributed by atoms with Crippen LogP contribution in [0, 0.1) is 0 Å². The molecular formula is C20H21N3OS2. The number of benzene rings is 1. The van der Waals surface area contributed by atoms with Crippen LogP contribution >= 0.6 is 23.1 Å². The molecule has 1 atom stereocenters. The van der Waals surface area contributed by atoms with Gasteiger partial charge in [0, 0.05) is 16.3 Å². The quantitative estimate of drug-likeness (QED) is 0.503. The van der Waals surface area contributed by atoms with Crippen molar-refractivity contribution >= 4 is 39.2 Å². The van der Waals surface area contributed by atoms with Crippen molar-refractivity contribution in [2.45, 2.75) is 48.9 Å². The Kier molecular flexibility index (Phi) is 5.22. The van der Waals surface area contributed by atoms with Gasteiger partial charge in [-0.3, -0.25) is 4.79 Å². The fraction of sp³-hybridized carbons (Fsp3) is 0.350. The van der Waals surface area contributed by atoms with E-state index in [4.69, 9.17) is 0 Å². The summed E-state index contributed by atoms with van der Waals surface area (Å²) in [6, 6.07) is 12.8. The van der Waals surface area contributed by atoms with Crippen LogP contribution in [0.1, 0.15) is 32.6 Å². The monoisotopic (exact) mass is 383 g/mol. The lowest BCUT2D eigenvalue weighted by molar-refractivity contribution is -0.120. The van der Waals surface area contributed by atoms with Gasteiger partial charge >= 0.3 is 0 Å². The number of fused-ring (bicyclic) bond motifs is 1. The standard InChI is InChI=1S/C20H21N3OS2/c1-13(18(24)23-15-9-5-6-10-15)25-19-16-11-17(14-7-3-2-4-8-14)26-20(16)22-12-21-19/h2-4,7-8,11-13,15H,5-6,9-10H2,1H3,(H,23,24)/t13-/m1/s1. The Bertz CT molecular complexity index is 904. The van der Waals surface area contributed by atoms with E-state index in [-0.39, 0.29) is 11.2 Å². The molecule has 1 N–H and O–H groups in total. The molecule has 134 valence electrons. The van der Waals surface area contributed by atoms with Crippen molar-refractivity contribution in [1.29, 1.82) is 0 Å². The minimum absolute atomic E-state index is 0.104. The molecule has 0 bridgehead atoms. The topological polar surface area (TPSA) is 54.9 Å². The van der Waals surface area contributed by atoms with Gasteiger partial charge in [0.1, 0.15) is 16.2 Å². The van der Waals surface area contributed by atoms with Gasteiger partial charge in [-0.05, 0) is 31.4 Å². The highest BCUT2D eigenvalue weighted by Gasteiger charge is 2.22. The molecule has 1 saturated carbocycles. The van der Waals surface area contributed by atoms with E-state index in [0.717, 1.165) is 28.1 Å². The molecule has 4 nitrogen and oxygen atoms in total. The first-order chi connectivity index (χ1) is 12.7. The Hall–Kier alpha value is -1.92. The van der Waals surface area contributed by atoms with E-state index in [2.05, 4.69) is 33.5 Å². The second-order valence-electron chi connectivity index (χ2n) is 6.62. The number of carbonyl (C=O) groups excluding carboxylic acids is 1. The van der Waals surface area contributed by atoms with Crippen LogP contribution in [0.4, 0.5) is 0 Å². The number of aromatic nitrogens is 2. The first-order valence-corrected chi connectivity index (χ1v) is 10.7. The van der Waals surface area contributed by atoms with Crippen LogP contribution in [0.3, 0.4) is 0 Å². The highest BCUT2D eigenvalue weighted by Crippen LogP contribution is 2.37. The van der Waals surface area contributed by atoms with Gasteiger partial charge in [0.25, 0.3) is 0 Å². The lowest BCUT2D eigenvalue weighted by Gasteiger charge is -2.16. The van der Waals surface area contributed by atoms with Crippen molar-refractivity contribution in [3.8, 4) is 10.4 Å². The minimum Gasteiger partial charge on any atom is -0.352 e. The fourth-order valence-corrected chi connectivity index (χ4v) is 5.25. The first-order valence-electron chi connectivity index (χ1n) is 8.98. The summed E-state index contributed by atoms with van der Waals surface area (Å²) in [7, 11) is 0. The van der Waals surface area contributed by atoms with E-state index in [0.29, 0.717) is 6.04 Å². The molecule has 0 spiro atoms. The summed E-state index contributed by atoms with van der Waals surface area (Å²) in [5.74, 6) is 0.104. The number of nitrogens with one attached hydrogen (secondary N) is 1. The molecule has 6 heteroatoms. The van der Waals surface area contributed by atoms with Gasteiger partial charge in [0.15, 0.2) is 0 Å². The van der Waals surface area contributed by atoms with Crippen molar-refractivity contribution in [3.63, 3.8) is 0 Å². The van der Waals surface area contributed by atoms with Crippen molar-refractivity contribution in [2.24, 2.45) is 0 Å². The molecule has 0 unspecified atom stereocenters. The maximum atomic E-state index is 12.5. The van der Waals surface area contributed by atoms with Crippen LogP contribution in [-0.4, -0.2) is 27.2 Å². The second kappa shape index (κ2) is 7.76. The normalized spacial score (nSPS) is 16.0. The number of thiophene rings is 1. The van der Waals surface area contributed by atoms with Gasteiger partial charge in [-0.2, -0.15) is 0 Å². The molecule has 3 aromatic rings. The van der Waals surface area contributed by atoms with E-state index < -0.39 is 0 Å². The Balaban J connectivity index is 1.54. The van der Waals surface area contributed by atoms with Gasteiger partial charge in [-0.25, -0.2) is 9.97 Å². The molecule has 1 aliphatic rings. The zero-order valence-corrected chi connectivity index (χ0v) is 16.3. The average Bonchev–Trinajstić information content (AvgIpc) is 3.32. The van der Waals surface area contributed by atoms with Gasteiger partial charge in [-0.15, -0.1) is 11.3 Å². The molecule has 2 heterocycles. The van der Waals surface area contributed by atoms with Gasteiger partial charge in [0.05, 0.1) is 5.25 Å². The Morgan fingerprint density at radius 1 is 1.23 bits per heavy atom. The molecule has 1 aromatic carbocycles. The van der Waals surface area contributed by atoms with Crippen molar-refractivity contribution in [3.05, 3.63) is 42.7 Å². The van der Waals surface area contributed by atoms with Crippen LogP contribution in [-0.2, 0) is 4.79 Å². The molecule has 4 rings (SSSR count). The molecule has 0 saturated heterocycles. The third kappa shape index (κ3) is 3.76. The van der Waals surface area contributed by atoms with Crippen LogP contribution in [0.25, 0.3) is 20.7 Å². The van der Waals surface area contributed by atoms with E-state index in [9.17, 15) is 4.79 Å². The lowest BCUT2D eigenvalue weighted by Crippen LogP contribution is -2.37. The molecule has 2 aromatic heterocycles. The summed E-state index contributed by atoms with van der Waals surface area (Å²) in [5.41, 5.74) is 1.18. The molecule has 1 aliphatic carbocycles. The second-order valence-corrected chi connectivity index (χ2v) is 8.98. The molecular weight excluding hydrogens is 362 g/mol. The summed E-state index contributed by atoms with van der Waals surface area (Å²) in [6.07, 6.45) is 6.24. The highest BCUT2D eigenvalue weighted by molar-refractivity contribution is 8.00. The Labute approximate surface area is 161 Å². The number of rotatable bonds is 5. The number of carbonyl (C=O) groups is 1. The van der Waals surface area contributed by atoms with Crippen molar-refractivity contribution < 1.29 is 4.79 Å². The van der Waals surface area contributed by atoms with Crippen molar-refractivity contribution in [1.82, 2.24) is 15.3 Å². The molecule has 0 aliphatic heterocycles. The van der Waals surface area contributed by atoms with E-state index in [1.807, 2.05) is 25.1 Å². The zero-order chi connectivity index (χ0) is 17.9. The maximum absolute atomic E-state index is 12.5. The van der Waals surface area contributed by atoms with Gasteiger partial charge < -0.3 is 5.32 Å². The first kappa shape index (κ1) is 17.5. The fourth-order valence-electron chi connectivity index (χ4n) is 3.28. The Morgan fingerprint density at radius 2 is 2.00 bits per heavy atom. The maximum Gasteiger partial charge on any atom is 0.233 e. The predicted octanol–water partition coefficient (Wildman–Crippen LogP) is 4.90. The third-order valence-corrected chi connectivity index (χ3v) is 6.92. The molecule has 0 radical (unpaired) electrons. The largest absolute Gasteiger partial charge is 0.352 e. The van der Waals surface area contributed by atoms with Crippen LogP contribution in [0.5, 0.6) is 0 Å². The summed E-state index contributed by atoms with van der Waals surface area (Å²) in [5, 5.41) is 4.91. The average molecular weight is 384 g/mol.